The summed E-state index contributed by atoms with van der Waals surface area (Å²) in [7, 11) is 0. The molecule has 0 aliphatic heterocycles. The fraction of sp³-hybridized carbons (Fsp3) is 0.333. The number of hydrogen-bond acceptors (Lipinski definition) is 4. The molecule has 0 aliphatic carbocycles. The van der Waals surface area contributed by atoms with Crippen molar-refractivity contribution in [3.8, 4) is 0 Å². The average Bonchev–Trinajstić information content (AvgIpc) is 2.48. The van der Waals surface area contributed by atoms with Crippen molar-refractivity contribution in [2.24, 2.45) is 4.99 Å². The maximum absolute atomic E-state index is 4.73. The van der Waals surface area contributed by atoms with E-state index in [0.717, 1.165) is 29.0 Å². The van der Waals surface area contributed by atoms with E-state index in [2.05, 4.69) is 55.3 Å². The van der Waals surface area contributed by atoms with Gasteiger partial charge in [-0.2, -0.15) is 0 Å². The standard InChI is InChI=1S/C18H21N3S/c1-5-19-15-8-14-10-17-16(9-13(14)7-11(15)3)21-12(4)18(22-17)20-6-2/h7-10,19H,5-6H2,1-4H3. The summed E-state index contributed by atoms with van der Waals surface area (Å²) < 4.78 is 2.23. The van der Waals surface area contributed by atoms with Gasteiger partial charge < -0.3 is 5.32 Å². The Balaban J connectivity index is 2.29. The van der Waals surface area contributed by atoms with Crippen molar-refractivity contribution in [2.75, 3.05) is 18.4 Å². The maximum Gasteiger partial charge on any atom is 0.132 e. The molecule has 0 fully saturated rings. The normalized spacial score (nSPS) is 12.3. The monoisotopic (exact) mass is 311 g/mol. The van der Waals surface area contributed by atoms with Crippen LogP contribution in [-0.2, 0) is 0 Å². The van der Waals surface area contributed by atoms with Crippen molar-refractivity contribution in [3.05, 3.63) is 40.2 Å². The van der Waals surface area contributed by atoms with Gasteiger partial charge in [0, 0.05) is 18.8 Å². The smallest absolute Gasteiger partial charge is 0.132 e. The summed E-state index contributed by atoms with van der Waals surface area (Å²) in [6.45, 7) is 10.1. The highest BCUT2D eigenvalue weighted by Crippen LogP contribution is 2.28. The van der Waals surface area contributed by atoms with Gasteiger partial charge in [0.15, 0.2) is 0 Å². The molecule has 0 atom stereocenters. The quantitative estimate of drug-likeness (QED) is 0.727. The first-order valence-corrected chi connectivity index (χ1v) is 8.54. The van der Waals surface area contributed by atoms with Crippen molar-refractivity contribution >= 4 is 38.0 Å². The van der Waals surface area contributed by atoms with Crippen molar-refractivity contribution in [1.29, 1.82) is 0 Å². The molecule has 3 aromatic rings. The molecule has 1 aromatic heterocycles. The number of nitrogens with zero attached hydrogens (tertiary/aromatic N) is 2. The Morgan fingerprint density at radius 3 is 2.59 bits per heavy atom. The summed E-state index contributed by atoms with van der Waals surface area (Å²) in [6.07, 6.45) is 0. The Labute approximate surface area is 134 Å². The maximum atomic E-state index is 4.73. The minimum absolute atomic E-state index is 0.794. The second-order valence-electron chi connectivity index (χ2n) is 5.44. The minimum atomic E-state index is 0.794. The van der Waals surface area contributed by atoms with Gasteiger partial charge in [0.25, 0.3) is 0 Å². The Morgan fingerprint density at radius 2 is 1.86 bits per heavy atom. The zero-order chi connectivity index (χ0) is 15.7. The number of hydrogen-bond donors (Lipinski definition) is 1. The summed E-state index contributed by atoms with van der Waals surface area (Å²) in [5.74, 6) is 0. The van der Waals surface area contributed by atoms with Crippen LogP contribution in [-0.4, -0.2) is 18.1 Å². The zero-order valence-electron chi connectivity index (χ0n) is 13.5. The second kappa shape index (κ2) is 6.05. The fourth-order valence-corrected chi connectivity index (χ4v) is 3.67. The van der Waals surface area contributed by atoms with Crippen LogP contribution >= 0.6 is 11.3 Å². The van der Waals surface area contributed by atoms with E-state index in [4.69, 9.17) is 4.98 Å². The molecule has 3 rings (SSSR count). The summed E-state index contributed by atoms with van der Waals surface area (Å²) in [4.78, 5) is 9.27. The highest BCUT2D eigenvalue weighted by molar-refractivity contribution is 7.16. The van der Waals surface area contributed by atoms with Gasteiger partial charge in [-0.3, -0.25) is 4.99 Å². The molecular weight excluding hydrogens is 290 g/mol. The first-order valence-electron chi connectivity index (χ1n) is 7.72. The Morgan fingerprint density at radius 1 is 1.09 bits per heavy atom. The molecule has 0 amide bonds. The van der Waals surface area contributed by atoms with E-state index in [0.29, 0.717) is 0 Å². The molecule has 1 heterocycles. The lowest BCUT2D eigenvalue weighted by atomic mass is 10.1. The number of fused-ring (bicyclic) bond motifs is 2. The largest absolute Gasteiger partial charge is 0.385 e. The lowest BCUT2D eigenvalue weighted by Gasteiger charge is -2.10. The molecule has 0 radical (unpaired) electrons. The predicted octanol–water partition coefficient (Wildman–Crippen LogP) is 4.42. The van der Waals surface area contributed by atoms with Gasteiger partial charge in [0.1, 0.15) is 4.67 Å². The van der Waals surface area contributed by atoms with Crippen LogP contribution in [0.3, 0.4) is 0 Å². The third-order valence-electron chi connectivity index (χ3n) is 3.73. The first-order chi connectivity index (χ1) is 10.6. The molecule has 22 heavy (non-hydrogen) atoms. The molecule has 0 unspecified atom stereocenters. The molecule has 4 heteroatoms. The Bertz CT molecular complexity index is 909. The Hall–Kier alpha value is -1.94. The van der Waals surface area contributed by atoms with Crippen LogP contribution in [0.15, 0.2) is 29.3 Å². The summed E-state index contributed by atoms with van der Waals surface area (Å²) in [5, 5.41) is 5.92. The number of aryl methyl sites for hydroxylation is 2. The van der Waals surface area contributed by atoms with Crippen molar-refractivity contribution in [3.63, 3.8) is 0 Å². The van der Waals surface area contributed by atoms with E-state index < -0.39 is 0 Å². The highest BCUT2D eigenvalue weighted by atomic mass is 32.1. The van der Waals surface area contributed by atoms with Crippen molar-refractivity contribution in [1.82, 2.24) is 4.98 Å². The molecule has 2 aromatic carbocycles. The number of nitrogens with one attached hydrogen (secondary N) is 1. The van der Waals surface area contributed by atoms with E-state index in [1.54, 1.807) is 11.3 Å². The van der Waals surface area contributed by atoms with Crippen molar-refractivity contribution < 1.29 is 0 Å². The first kappa shape index (κ1) is 15.0. The predicted molar refractivity (Wildman–Crippen MR) is 96.9 cm³/mol. The van der Waals surface area contributed by atoms with Gasteiger partial charge in [-0.1, -0.05) is 0 Å². The van der Waals surface area contributed by atoms with E-state index in [1.165, 1.54) is 26.7 Å². The van der Waals surface area contributed by atoms with Crippen LogP contribution in [0.25, 0.3) is 21.0 Å². The van der Waals surface area contributed by atoms with Crippen LogP contribution in [0.5, 0.6) is 0 Å². The van der Waals surface area contributed by atoms with E-state index >= 15 is 0 Å². The number of rotatable bonds is 3. The fourth-order valence-electron chi connectivity index (χ4n) is 2.68. The van der Waals surface area contributed by atoms with Gasteiger partial charge in [-0.15, -0.1) is 11.3 Å². The van der Waals surface area contributed by atoms with Gasteiger partial charge in [0.2, 0.25) is 0 Å². The second-order valence-corrected chi connectivity index (χ2v) is 6.47. The summed E-state index contributed by atoms with van der Waals surface area (Å²) >= 11 is 1.73. The Kier molecular flexibility index (Phi) is 4.12. The van der Waals surface area contributed by atoms with Crippen molar-refractivity contribution in [2.45, 2.75) is 27.7 Å². The molecule has 0 saturated heterocycles. The van der Waals surface area contributed by atoms with Gasteiger partial charge >= 0.3 is 0 Å². The van der Waals surface area contributed by atoms with Crippen LogP contribution in [0, 0.1) is 13.8 Å². The number of benzene rings is 2. The van der Waals surface area contributed by atoms with E-state index in [9.17, 15) is 0 Å². The topological polar surface area (TPSA) is 37.3 Å². The van der Waals surface area contributed by atoms with E-state index in [1.807, 2.05) is 6.92 Å². The average molecular weight is 311 g/mol. The van der Waals surface area contributed by atoms with Gasteiger partial charge in [-0.25, -0.2) is 4.98 Å². The lowest BCUT2D eigenvalue weighted by Crippen LogP contribution is -2.05. The molecule has 0 saturated carbocycles. The van der Waals surface area contributed by atoms with Crippen LogP contribution in [0.2, 0.25) is 0 Å². The molecule has 0 spiro atoms. The van der Waals surface area contributed by atoms with Gasteiger partial charge in [0.05, 0.1) is 15.9 Å². The lowest BCUT2D eigenvalue weighted by molar-refractivity contribution is 1.05. The molecule has 114 valence electrons. The molecule has 0 aliphatic rings. The van der Waals surface area contributed by atoms with E-state index in [-0.39, 0.29) is 0 Å². The summed E-state index contributed by atoms with van der Waals surface area (Å²) in [6, 6.07) is 8.89. The molecule has 1 N–H and O–H groups in total. The highest BCUT2D eigenvalue weighted by Gasteiger charge is 2.06. The summed E-state index contributed by atoms with van der Waals surface area (Å²) in [5.41, 5.74) is 4.55. The molecule has 3 nitrogen and oxygen atoms in total. The number of anilines is 1. The SMILES string of the molecule is CCN=c1sc2cc3cc(NCC)c(C)cc3cc2nc1C. The zero-order valence-corrected chi connectivity index (χ0v) is 14.3. The third-order valence-corrected chi connectivity index (χ3v) is 4.90. The molecular formula is C18H21N3S. The van der Waals surface area contributed by atoms with Crippen LogP contribution in [0.1, 0.15) is 25.1 Å². The van der Waals surface area contributed by atoms with Crippen LogP contribution in [0.4, 0.5) is 5.69 Å². The minimum Gasteiger partial charge on any atom is -0.385 e. The molecule has 0 bridgehead atoms. The van der Waals surface area contributed by atoms with Crippen LogP contribution < -0.4 is 9.99 Å². The third kappa shape index (κ3) is 2.71. The van der Waals surface area contributed by atoms with Gasteiger partial charge in [-0.05, 0) is 68.3 Å². The number of aromatic nitrogens is 1.